The molecule has 0 saturated carbocycles. The van der Waals surface area contributed by atoms with Crippen LogP contribution in [0, 0.1) is 17.6 Å². The van der Waals surface area contributed by atoms with Gasteiger partial charge in [-0.25, -0.2) is 8.78 Å². The van der Waals surface area contributed by atoms with Crippen LogP contribution in [0.3, 0.4) is 0 Å². The summed E-state index contributed by atoms with van der Waals surface area (Å²) in [7, 11) is 0. The molecule has 18 heavy (non-hydrogen) atoms. The molecule has 102 valence electrons. The molecule has 0 saturated heterocycles. The van der Waals surface area contributed by atoms with Crippen molar-refractivity contribution in [2.75, 3.05) is 0 Å². The average molecular weight is 255 g/mol. The molecule has 3 heteroatoms. The van der Waals surface area contributed by atoms with Crippen molar-refractivity contribution in [1.82, 2.24) is 5.32 Å². The van der Waals surface area contributed by atoms with Crippen LogP contribution in [0.2, 0.25) is 0 Å². The molecule has 0 aliphatic carbocycles. The molecule has 1 aromatic carbocycles. The van der Waals surface area contributed by atoms with E-state index in [1.807, 2.05) is 0 Å². The molecule has 0 fully saturated rings. The van der Waals surface area contributed by atoms with Crippen LogP contribution in [0.4, 0.5) is 8.78 Å². The number of halogens is 2. The van der Waals surface area contributed by atoms with Gasteiger partial charge in [0.25, 0.3) is 0 Å². The lowest BCUT2D eigenvalue weighted by molar-refractivity contribution is 0.323. The van der Waals surface area contributed by atoms with E-state index in [1.54, 1.807) is 6.92 Å². The molecule has 0 amide bonds. The third kappa shape index (κ3) is 3.52. The van der Waals surface area contributed by atoms with Crippen LogP contribution in [-0.2, 0) is 0 Å². The van der Waals surface area contributed by atoms with Crippen molar-refractivity contribution in [1.29, 1.82) is 0 Å². The lowest BCUT2D eigenvalue weighted by Crippen LogP contribution is -2.35. The maximum absolute atomic E-state index is 13.6. The van der Waals surface area contributed by atoms with E-state index in [9.17, 15) is 8.78 Å². The van der Waals surface area contributed by atoms with Crippen molar-refractivity contribution in [3.63, 3.8) is 0 Å². The van der Waals surface area contributed by atoms with Crippen molar-refractivity contribution in [3.05, 3.63) is 35.4 Å². The predicted octanol–water partition coefficient (Wildman–Crippen LogP) is 4.44. The highest BCUT2D eigenvalue weighted by Gasteiger charge is 2.20. The summed E-state index contributed by atoms with van der Waals surface area (Å²) in [4.78, 5) is 0. The lowest BCUT2D eigenvalue weighted by atomic mass is 9.94. The molecule has 0 heterocycles. The van der Waals surface area contributed by atoms with E-state index < -0.39 is 11.6 Å². The Hall–Kier alpha value is -0.960. The highest BCUT2D eigenvalue weighted by atomic mass is 19.1. The van der Waals surface area contributed by atoms with E-state index in [2.05, 4.69) is 26.1 Å². The minimum Gasteiger partial charge on any atom is -0.307 e. The minimum absolute atomic E-state index is 0.135. The molecule has 1 rings (SSSR count). The summed E-state index contributed by atoms with van der Waals surface area (Å²) in [5.74, 6) is -0.430. The molecule has 0 aliphatic heterocycles. The summed E-state index contributed by atoms with van der Waals surface area (Å²) < 4.78 is 27.3. The second-order valence-corrected chi connectivity index (χ2v) is 4.89. The van der Waals surface area contributed by atoms with Gasteiger partial charge in [0, 0.05) is 17.6 Å². The molecule has 0 spiro atoms. The van der Waals surface area contributed by atoms with Gasteiger partial charge in [-0.2, -0.15) is 0 Å². The highest BCUT2D eigenvalue weighted by molar-refractivity contribution is 5.22. The van der Waals surface area contributed by atoms with Crippen LogP contribution in [0.1, 0.15) is 52.1 Å². The standard InChI is InChI=1S/C15H23F2N/c1-5-12(6-2)10(3)18-11(4)15-13(16)8-7-9-14(15)17/h7-12,18H,5-6H2,1-4H3. The van der Waals surface area contributed by atoms with Gasteiger partial charge < -0.3 is 5.32 Å². The van der Waals surface area contributed by atoms with Gasteiger partial charge in [-0.1, -0.05) is 32.8 Å². The van der Waals surface area contributed by atoms with Gasteiger partial charge >= 0.3 is 0 Å². The number of hydrogen-bond acceptors (Lipinski definition) is 1. The Kier molecular flexibility index (Phi) is 5.73. The Labute approximate surface area is 109 Å². The van der Waals surface area contributed by atoms with Crippen LogP contribution in [0.25, 0.3) is 0 Å². The van der Waals surface area contributed by atoms with Gasteiger partial charge in [0.2, 0.25) is 0 Å². The van der Waals surface area contributed by atoms with Crippen LogP contribution in [-0.4, -0.2) is 6.04 Å². The Morgan fingerprint density at radius 3 is 2.00 bits per heavy atom. The van der Waals surface area contributed by atoms with Crippen LogP contribution in [0.15, 0.2) is 18.2 Å². The number of benzene rings is 1. The summed E-state index contributed by atoms with van der Waals surface area (Å²) in [6.45, 7) is 8.16. The number of nitrogens with one attached hydrogen (secondary N) is 1. The summed E-state index contributed by atoms with van der Waals surface area (Å²) in [5.41, 5.74) is 0.135. The fourth-order valence-corrected chi connectivity index (χ4v) is 2.53. The zero-order valence-electron chi connectivity index (χ0n) is 11.6. The molecular formula is C15H23F2N. The SMILES string of the molecule is CCC(CC)C(C)NC(C)c1c(F)cccc1F. The molecule has 2 atom stereocenters. The van der Waals surface area contributed by atoms with Crippen LogP contribution >= 0.6 is 0 Å². The predicted molar refractivity (Wildman–Crippen MR) is 71.4 cm³/mol. The van der Waals surface area contributed by atoms with Crippen molar-refractivity contribution < 1.29 is 8.78 Å². The molecule has 1 nitrogen and oxygen atoms in total. The molecule has 2 unspecified atom stereocenters. The van der Waals surface area contributed by atoms with E-state index in [-0.39, 0.29) is 17.6 Å². The molecule has 1 aromatic rings. The van der Waals surface area contributed by atoms with E-state index in [1.165, 1.54) is 18.2 Å². The molecule has 0 aromatic heterocycles. The fraction of sp³-hybridized carbons (Fsp3) is 0.600. The minimum atomic E-state index is -0.480. The maximum atomic E-state index is 13.6. The highest BCUT2D eigenvalue weighted by Crippen LogP contribution is 2.23. The third-order valence-corrected chi connectivity index (χ3v) is 3.70. The third-order valence-electron chi connectivity index (χ3n) is 3.70. The Bertz CT molecular complexity index is 355. The molecular weight excluding hydrogens is 232 g/mol. The normalized spacial score (nSPS) is 14.8. The second-order valence-electron chi connectivity index (χ2n) is 4.89. The summed E-state index contributed by atoms with van der Waals surface area (Å²) >= 11 is 0. The fourth-order valence-electron chi connectivity index (χ4n) is 2.53. The number of hydrogen-bond donors (Lipinski definition) is 1. The Morgan fingerprint density at radius 2 is 1.56 bits per heavy atom. The monoisotopic (exact) mass is 255 g/mol. The molecule has 0 bridgehead atoms. The van der Waals surface area contributed by atoms with E-state index in [0.717, 1.165) is 12.8 Å². The van der Waals surface area contributed by atoms with Crippen molar-refractivity contribution >= 4 is 0 Å². The van der Waals surface area contributed by atoms with Gasteiger partial charge in [-0.05, 0) is 31.9 Å². The topological polar surface area (TPSA) is 12.0 Å². The van der Waals surface area contributed by atoms with Crippen molar-refractivity contribution in [3.8, 4) is 0 Å². The second kappa shape index (κ2) is 6.83. The van der Waals surface area contributed by atoms with Crippen LogP contribution < -0.4 is 5.32 Å². The lowest BCUT2D eigenvalue weighted by Gasteiger charge is -2.27. The van der Waals surface area contributed by atoms with Gasteiger partial charge in [0.15, 0.2) is 0 Å². The first-order chi connectivity index (χ1) is 8.51. The van der Waals surface area contributed by atoms with Gasteiger partial charge in [-0.15, -0.1) is 0 Å². The maximum Gasteiger partial charge on any atom is 0.130 e. The summed E-state index contributed by atoms with van der Waals surface area (Å²) in [5, 5.41) is 3.30. The van der Waals surface area contributed by atoms with E-state index in [0.29, 0.717) is 5.92 Å². The van der Waals surface area contributed by atoms with Gasteiger partial charge in [-0.3, -0.25) is 0 Å². The summed E-state index contributed by atoms with van der Waals surface area (Å²) in [6, 6.07) is 3.93. The van der Waals surface area contributed by atoms with E-state index >= 15 is 0 Å². The van der Waals surface area contributed by atoms with Crippen molar-refractivity contribution in [2.45, 2.75) is 52.6 Å². The Balaban J connectivity index is 2.79. The first-order valence-corrected chi connectivity index (χ1v) is 6.71. The largest absolute Gasteiger partial charge is 0.307 e. The quantitative estimate of drug-likeness (QED) is 0.792. The Morgan fingerprint density at radius 1 is 1.06 bits per heavy atom. The first kappa shape index (κ1) is 15.1. The first-order valence-electron chi connectivity index (χ1n) is 6.71. The molecule has 1 N–H and O–H groups in total. The smallest absolute Gasteiger partial charge is 0.130 e. The van der Waals surface area contributed by atoms with E-state index in [4.69, 9.17) is 0 Å². The molecule has 0 radical (unpaired) electrons. The van der Waals surface area contributed by atoms with Crippen molar-refractivity contribution in [2.24, 2.45) is 5.92 Å². The number of rotatable bonds is 6. The molecule has 0 aliphatic rings. The zero-order valence-corrected chi connectivity index (χ0v) is 11.6. The van der Waals surface area contributed by atoms with Gasteiger partial charge in [0.1, 0.15) is 11.6 Å². The average Bonchev–Trinajstić information content (AvgIpc) is 2.30. The summed E-state index contributed by atoms with van der Waals surface area (Å²) in [6.07, 6.45) is 2.13. The van der Waals surface area contributed by atoms with Crippen LogP contribution in [0.5, 0.6) is 0 Å². The van der Waals surface area contributed by atoms with Gasteiger partial charge in [0.05, 0.1) is 0 Å². The zero-order chi connectivity index (χ0) is 13.7.